The van der Waals surface area contributed by atoms with Crippen LogP contribution in [-0.2, 0) is 6.42 Å². The maximum Gasteiger partial charge on any atom is 0.257 e. The third-order valence-electron chi connectivity index (χ3n) is 4.61. The number of hydrogen-bond donors (Lipinski definition) is 1. The largest absolute Gasteiger partial charge is 0.457 e. The first kappa shape index (κ1) is 19.9. The molecule has 0 aliphatic carbocycles. The topological polar surface area (TPSA) is 51.2 Å². The van der Waals surface area contributed by atoms with E-state index in [0.717, 1.165) is 17.0 Å². The van der Waals surface area contributed by atoms with Gasteiger partial charge in [0.2, 0.25) is 0 Å². The van der Waals surface area contributed by atoms with E-state index in [2.05, 4.69) is 41.5 Å². The lowest BCUT2D eigenvalue weighted by atomic mass is 10.1. The van der Waals surface area contributed by atoms with Gasteiger partial charge < -0.3 is 4.74 Å². The van der Waals surface area contributed by atoms with Crippen LogP contribution in [0.5, 0.6) is 11.5 Å². The standard InChI is InChI=1S/C25H22N2O2S/c1-17-6-10-21(11-7-17)29-22-12-8-20(9-13-22)24(28)27-25-26-16-23(30-25)15-19-5-3-4-18(2)14-19/h3-14,16H,15H2,1-2H3,(H,26,27,28). The summed E-state index contributed by atoms with van der Waals surface area (Å²) in [7, 11) is 0. The first-order valence-electron chi connectivity index (χ1n) is 9.71. The van der Waals surface area contributed by atoms with E-state index >= 15 is 0 Å². The summed E-state index contributed by atoms with van der Waals surface area (Å²) in [6.07, 6.45) is 2.63. The number of carbonyl (C=O) groups excluding carboxylic acids is 1. The van der Waals surface area contributed by atoms with Crippen molar-refractivity contribution in [2.75, 3.05) is 5.32 Å². The molecule has 1 aromatic heterocycles. The summed E-state index contributed by atoms with van der Waals surface area (Å²) in [5.41, 5.74) is 4.21. The minimum atomic E-state index is -0.187. The van der Waals surface area contributed by atoms with Gasteiger partial charge >= 0.3 is 0 Å². The molecule has 150 valence electrons. The second-order valence-electron chi connectivity index (χ2n) is 7.19. The van der Waals surface area contributed by atoms with Crippen molar-refractivity contribution in [2.45, 2.75) is 20.3 Å². The van der Waals surface area contributed by atoms with Gasteiger partial charge in [-0.05, 0) is 55.8 Å². The molecule has 0 bridgehead atoms. The van der Waals surface area contributed by atoms with Gasteiger partial charge in [-0.15, -0.1) is 11.3 Å². The Hall–Kier alpha value is -3.44. The highest BCUT2D eigenvalue weighted by molar-refractivity contribution is 7.15. The zero-order chi connectivity index (χ0) is 20.9. The predicted molar refractivity (Wildman–Crippen MR) is 122 cm³/mol. The molecule has 3 aromatic carbocycles. The molecule has 0 spiro atoms. The fraction of sp³-hybridized carbons (Fsp3) is 0.120. The third kappa shape index (κ3) is 5.13. The Kier molecular flexibility index (Phi) is 5.91. The first-order valence-corrected chi connectivity index (χ1v) is 10.5. The van der Waals surface area contributed by atoms with Gasteiger partial charge in [-0.3, -0.25) is 10.1 Å². The van der Waals surface area contributed by atoms with Gasteiger partial charge in [-0.2, -0.15) is 0 Å². The van der Waals surface area contributed by atoms with Crippen molar-refractivity contribution in [2.24, 2.45) is 0 Å². The van der Waals surface area contributed by atoms with E-state index in [1.54, 1.807) is 24.3 Å². The van der Waals surface area contributed by atoms with Crippen molar-refractivity contribution < 1.29 is 9.53 Å². The van der Waals surface area contributed by atoms with Gasteiger partial charge in [0.15, 0.2) is 5.13 Å². The zero-order valence-electron chi connectivity index (χ0n) is 16.9. The molecule has 0 fully saturated rings. The third-order valence-corrected chi connectivity index (χ3v) is 5.52. The SMILES string of the molecule is Cc1ccc(Oc2ccc(C(=O)Nc3ncc(Cc4cccc(C)c4)s3)cc2)cc1. The van der Waals surface area contributed by atoms with Crippen LogP contribution in [0.25, 0.3) is 0 Å². The Morgan fingerprint density at radius 2 is 1.63 bits per heavy atom. The number of nitrogens with one attached hydrogen (secondary N) is 1. The van der Waals surface area contributed by atoms with Gasteiger partial charge in [0.25, 0.3) is 5.91 Å². The Morgan fingerprint density at radius 1 is 0.933 bits per heavy atom. The number of benzene rings is 3. The van der Waals surface area contributed by atoms with Crippen LogP contribution in [-0.4, -0.2) is 10.9 Å². The van der Waals surface area contributed by atoms with Crippen molar-refractivity contribution in [3.63, 3.8) is 0 Å². The van der Waals surface area contributed by atoms with Crippen molar-refractivity contribution in [3.05, 3.63) is 106 Å². The van der Waals surface area contributed by atoms with E-state index in [4.69, 9.17) is 4.74 Å². The lowest BCUT2D eigenvalue weighted by Crippen LogP contribution is -2.11. The van der Waals surface area contributed by atoms with Crippen LogP contribution in [0.2, 0.25) is 0 Å². The normalized spacial score (nSPS) is 10.6. The molecule has 0 radical (unpaired) electrons. The number of hydrogen-bond acceptors (Lipinski definition) is 4. The molecule has 0 aliphatic heterocycles. The number of aryl methyl sites for hydroxylation is 2. The second kappa shape index (κ2) is 8.93. The molecule has 5 heteroatoms. The number of amides is 1. The van der Waals surface area contributed by atoms with Gasteiger partial charge in [-0.1, -0.05) is 47.5 Å². The number of thiazole rings is 1. The van der Waals surface area contributed by atoms with E-state index in [1.807, 2.05) is 37.4 Å². The Bertz CT molecular complexity index is 1150. The average molecular weight is 415 g/mol. The fourth-order valence-corrected chi connectivity index (χ4v) is 3.90. The number of carbonyl (C=O) groups is 1. The molecule has 1 N–H and O–H groups in total. The van der Waals surface area contributed by atoms with Crippen LogP contribution in [0.3, 0.4) is 0 Å². The number of nitrogens with zero attached hydrogens (tertiary/aromatic N) is 1. The van der Waals surface area contributed by atoms with Crippen molar-refractivity contribution >= 4 is 22.4 Å². The maximum atomic E-state index is 12.5. The molecule has 1 amide bonds. The quantitative estimate of drug-likeness (QED) is 0.397. The van der Waals surface area contributed by atoms with E-state index in [0.29, 0.717) is 16.4 Å². The molecule has 4 rings (SSSR count). The van der Waals surface area contributed by atoms with E-state index < -0.39 is 0 Å². The lowest BCUT2D eigenvalue weighted by molar-refractivity contribution is 0.102. The van der Waals surface area contributed by atoms with E-state index in [9.17, 15) is 4.79 Å². The number of anilines is 1. The Morgan fingerprint density at radius 3 is 2.33 bits per heavy atom. The molecule has 1 heterocycles. The zero-order valence-corrected chi connectivity index (χ0v) is 17.7. The fourth-order valence-electron chi connectivity index (χ4n) is 3.06. The van der Waals surface area contributed by atoms with E-state index in [-0.39, 0.29) is 5.91 Å². The highest BCUT2D eigenvalue weighted by atomic mass is 32.1. The smallest absolute Gasteiger partial charge is 0.257 e. The summed E-state index contributed by atoms with van der Waals surface area (Å²) < 4.78 is 5.81. The van der Waals surface area contributed by atoms with Crippen LogP contribution in [0.15, 0.2) is 79.0 Å². The average Bonchev–Trinajstić information content (AvgIpc) is 3.17. The van der Waals surface area contributed by atoms with Crippen molar-refractivity contribution in [1.82, 2.24) is 4.98 Å². The molecule has 0 atom stereocenters. The molecule has 4 nitrogen and oxygen atoms in total. The summed E-state index contributed by atoms with van der Waals surface area (Å²) in [4.78, 5) is 18.0. The Balaban J connectivity index is 1.37. The van der Waals surface area contributed by atoms with Gasteiger partial charge in [-0.25, -0.2) is 4.98 Å². The van der Waals surface area contributed by atoms with Crippen molar-refractivity contribution in [3.8, 4) is 11.5 Å². The Labute approximate surface area is 180 Å². The van der Waals surface area contributed by atoms with Gasteiger partial charge in [0, 0.05) is 23.1 Å². The highest BCUT2D eigenvalue weighted by Crippen LogP contribution is 2.24. The molecular weight excluding hydrogens is 392 g/mol. The van der Waals surface area contributed by atoms with Crippen LogP contribution in [0, 0.1) is 13.8 Å². The molecule has 0 saturated heterocycles. The van der Waals surface area contributed by atoms with Crippen LogP contribution >= 0.6 is 11.3 Å². The highest BCUT2D eigenvalue weighted by Gasteiger charge is 2.10. The second-order valence-corrected chi connectivity index (χ2v) is 8.31. The minimum Gasteiger partial charge on any atom is -0.457 e. The van der Waals surface area contributed by atoms with Gasteiger partial charge in [0.1, 0.15) is 11.5 Å². The monoisotopic (exact) mass is 414 g/mol. The summed E-state index contributed by atoms with van der Waals surface area (Å²) in [5.74, 6) is 1.26. The summed E-state index contributed by atoms with van der Waals surface area (Å²) in [6.45, 7) is 4.12. The number of rotatable bonds is 6. The van der Waals surface area contributed by atoms with Gasteiger partial charge in [0.05, 0.1) is 0 Å². The summed E-state index contributed by atoms with van der Waals surface area (Å²) >= 11 is 1.49. The summed E-state index contributed by atoms with van der Waals surface area (Å²) in [6, 6.07) is 23.3. The first-order chi connectivity index (χ1) is 14.5. The minimum absolute atomic E-state index is 0.187. The van der Waals surface area contributed by atoms with Crippen LogP contribution in [0.1, 0.15) is 31.9 Å². The predicted octanol–water partition coefficient (Wildman–Crippen LogP) is 6.40. The molecule has 30 heavy (non-hydrogen) atoms. The van der Waals surface area contributed by atoms with Crippen molar-refractivity contribution in [1.29, 1.82) is 0 Å². The lowest BCUT2D eigenvalue weighted by Gasteiger charge is -2.07. The molecule has 0 unspecified atom stereocenters. The van der Waals surface area contributed by atoms with Crippen LogP contribution in [0.4, 0.5) is 5.13 Å². The molecule has 0 saturated carbocycles. The molecule has 4 aromatic rings. The van der Waals surface area contributed by atoms with E-state index in [1.165, 1.54) is 28.0 Å². The molecule has 0 aliphatic rings. The molecular formula is C25H22N2O2S. The maximum absolute atomic E-state index is 12.5. The summed E-state index contributed by atoms with van der Waals surface area (Å²) in [5, 5.41) is 3.48. The van der Waals surface area contributed by atoms with Crippen LogP contribution < -0.4 is 10.1 Å². The number of aromatic nitrogens is 1. The number of ether oxygens (including phenoxy) is 1.